The molecule has 0 saturated carbocycles. The minimum absolute atomic E-state index is 0.320. The molecule has 0 radical (unpaired) electrons. The maximum absolute atomic E-state index is 6.02. The van der Waals surface area contributed by atoms with Crippen molar-refractivity contribution in [3.63, 3.8) is 0 Å². The van der Waals surface area contributed by atoms with Crippen molar-refractivity contribution < 1.29 is 9.47 Å². The summed E-state index contributed by atoms with van der Waals surface area (Å²) in [5.41, 5.74) is 17.0. The Balaban J connectivity index is 0.000000181. The van der Waals surface area contributed by atoms with Crippen LogP contribution in [0.25, 0.3) is 11.3 Å². The number of hydrogen-bond donors (Lipinski definition) is 5. The van der Waals surface area contributed by atoms with Gasteiger partial charge in [-0.15, -0.1) is 0 Å². The van der Waals surface area contributed by atoms with Gasteiger partial charge >= 0.3 is 0 Å². The van der Waals surface area contributed by atoms with E-state index >= 15 is 0 Å². The van der Waals surface area contributed by atoms with Gasteiger partial charge in [0.1, 0.15) is 0 Å². The molecule has 0 spiro atoms. The molecule has 2 aliphatic rings. The number of nitrogens with zero attached hydrogens (tertiary/aromatic N) is 8. The summed E-state index contributed by atoms with van der Waals surface area (Å²) in [4.78, 5) is 19.1. The van der Waals surface area contributed by atoms with Crippen LogP contribution in [0.2, 0.25) is 0 Å². The van der Waals surface area contributed by atoms with Gasteiger partial charge in [-0.1, -0.05) is 71.4 Å². The molecule has 60 heavy (non-hydrogen) atoms. The highest BCUT2D eigenvalue weighted by Crippen LogP contribution is 2.26. The topological polar surface area (TPSA) is 179 Å². The molecule has 15 nitrogen and oxygen atoms in total. The molecule has 6 aromatic rings. The summed E-state index contributed by atoms with van der Waals surface area (Å²) in [6, 6.07) is 13.3. The van der Waals surface area contributed by atoms with Gasteiger partial charge in [-0.2, -0.15) is 39.2 Å². The fourth-order valence-corrected chi connectivity index (χ4v) is 7.78. The van der Waals surface area contributed by atoms with Crippen LogP contribution in [0.4, 0.5) is 29.5 Å². The number of nitrogens with two attached hydrogens (primary N) is 1. The Bertz CT molecular complexity index is 2180. The Morgan fingerprint density at radius 1 is 0.633 bits per heavy atom. The van der Waals surface area contributed by atoms with E-state index in [9.17, 15) is 0 Å². The van der Waals surface area contributed by atoms with Crippen LogP contribution in [-0.2, 0) is 35.4 Å². The van der Waals surface area contributed by atoms with E-state index in [1.165, 1.54) is 27.8 Å². The molecular formula is C45H63N13O2. The number of aromatic nitrogens is 8. The largest absolute Gasteiger partial charge is 0.399 e. The molecule has 0 unspecified atom stereocenters. The Labute approximate surface area is 353 Å². The highest BCUT2D eigenvalue weighted by molar-refractivity contribution is 5.57. The van der Waals surface area contributed by atoms with Crippen molar-refractivity contribution in [1.82, 2.24) is 39.2 Å². The molecule has 6 N–H and O–H groups in total. The highest BCUT2D eigenvalue weighted by Gasteiger charge is 2.21. The summed E-state index contributed by atoms with van der Waals surface area (Å²) in [5, 5.41) is 23.1. The predicted octanol–water partition coefficient (Wildman–Crippen LogP) is 7.92. The van der Waals surface area contributed by atoms with Gasteiger partial charge in [0.05, 0.1) is 12.4 Å². The van der Waals surface area contributed by atoms with Crippen molar-refractivity contribution in [1.29, 1.82) is 0 Å². The summed E-state index contributed by atoms with van der Waals surface area (Å²) >= 11 is 0. The lowest BCUT2D eigenvalue weighted by Crippen LogP contribution is -2.29. The van der Waals surface area contributed by atoms with Crippen molar-refractivity contribution in [2.45, 2.75) is 124 Å². The lowest BCUT2D eigenvalue weighted by atomic mass is 10.0. The predicted molar refractivity (Wildman–Crippen MR) is 240 cm³/mol. The number of rotatable bonds is 14. The lowest BCUT2D eigenvalue weighted by molar-refractivity contribution is 0.0902. The van der Waals surface area contributed by atoms with E-state index in [1.807, 2.05) is 29.0 Å². The Morgan fingerprint density at radius 3 is 1.53 bits per heavy atom. The number of benzene rings is 2. The molecule has 0 amide bonds. The van der Waals surface area contributed by atoms with E-state index in [-0.39, 0.29) is 0 Å². The van der Waals surface area contributed by atoms with E-state index in [0.29, 0.717) is 60.8 Å². The normalized spacial score (nSPS) is 15.1. The summed E-state index contributed by atoms with van der Waals surface area (Å²) in [7, 11) is 0. The summed E-state index contributed by atoms with van der Waals surface area (Å²) in [6.07, 6.45) is 9.60. The average molecular weight is 818 g/mol. The van der Waals surface area contributed by atoms with Crippen LogP contribution >= 0.6 is 0 Å². The zero-order valence-corrected chi connectivity index (χ0v) is 36.4. The maximum atomic E-state index is 6.02. The molecule has 4 aromatic heterocycles. The Hall–Kier alpha value is -5.54. The van der Waals surface area contributed by atoms with Gasteiger partial charge in [-0.05, 0) is 91.7 Å². The van der Waals surface area contributed by atoms with Crippen molar-refractivity contribution in [2.24, 2.45) is 0 Å². The van der Waals surface area contributed by atoms with E-state index in [1.54, 1.807) is 4.52 Å². The van der Waals surface area contributed by atoms with Gasteiger partial charge < -0.3 is 36.5 Å². The van der Waals surface area contributed by atoms with Crippen LogP contribution in [0.3, 0.4) is 0 Å². The zero-order valence-electron chi connectivity index (χ0n) is 36.4. The lowest BCUT2D eigenvalue weighted by Gasteiger charge is -2.23. The highest BCUT2D eigenvalue weighted by atomic mass is 16.5. The number of fused-ring (bicyclic) bond motifs is 2. The molecule has 2 saturated heterocycles. The first-order valence-corrected chi connectivity index (χ1v) is 21.7. The number of nitrogens with one attached hydrogen (secondary N) is 4. The zero-order chi connectivity index (χ0) is 42.2. The third-order valence-corrected chi connectivity index (χ3v) is 11.4. The second kappa shape index (κ2) is 19.7. The SMILES string of the molecule is CCc1ccc(C)cc1CNc1nc(NC2CCOCC2)nc2c(C(C)C)cnn12.CCc1ccc(N)cc1CNc1nc(NC2CCOCC2)nc2c(C(C)C)cnn12. The maximum Gasteiger partial charge on any atom is 0.229 e. The van der Waals surface area contributed by atoms with Crippen LogP contribution in [0.5, 0.6) is 0 Å². The minimum atomic E-state index is 0.320. The Kier molecular flexibility index (Phi) is 14.0. The first-order valence-electron chi connectivity index (χ1n) is 21.7. The number of anilines is 5. The van der Waals surface area contributed by atoms with Crippen molar-refractivity contribution in [3.8, 4) is 0 Å². The molecule has 2 aromatic carbocycles. The fraction of sp³-hybridized carbons (Fsp3) is 0.511. The smallest absolute Gasteiger partial charge is 0.229 e. The molecule has 320 valence electrons. The molecule has 0 bridgehead atoms. The van der Waals surface area contributed by atoms with Gasteiger partial charge in [0.25, 0.3) is 0 Å². The average Bonchev–Trinajstić information content (AvgIpc) is 3.89. The van der Waals surface area contributed by atoms with E-state index in [2.05, 4.69) is 104 Å². The Morgan fingerprint density at radius 2 is 1.08 bits per heavy atom. The monoisotopic (exact) mass is 818 g/mol. The van der Waals surface area contributed by atoms with Gasteiger partial charge in [0.15, 0.2) is 11.3 Å². The van der Waals surface area contributed by atoms with E-state index < -0.39 is 0 Å². The number of aryl methyl sites for hydroxylation is 3. The van der Waals surface area contributed by atoms with Crippen molar-refractivity contribution in [2.75, 3.05) is 53.4 Å². The van der Waals surface area contributed by atoms with Gasteiger partial charge in [-0.25, -0.2) is 0 Å². The first-order chi connectivity index (χ1) is 29.1. The second-order valence-corrected chi connectivity index (χ2v) is 16.5. The molecule has 0 aliphatic carbocycles. The van der Waals surface area contributed by atoms with Crippen molar-refractivity contribution >= 4 is 40.8 Å². The molecule has 2 aliphatic heterocycles. The standard InChI is InChI=1S/C23H32N6O.C22H31N7O/c1-5-17-7-6-16(4)12-18(17)13-24-23-28-22(26-19-8-10-30-11-9-19)27-21-20(15(2)3)14-25-29(21)23;1-4-15-5-6-17(23)11-16(15)12-24-22-28-21(26-18-7-9-30-10-8-18)27-20-19(14(2)3)13-25-29(20)22/h6-7,12,14-15,19H,5,8-11,13H2,1-4H3,(H2,24,26,27,28);5-6,11,13-14,18H,4,7-10,12,23H2,1-3H3,(H2,24,26,27,28). The van der Waals surface area contributed by atoms with Crippen LogP contribution in [-0.4, -0.2) is 77.7 Å². The minimum Gasteiger partial charge on any atom is -0.399 e. The molecule has 2 fully saturated rings. The number of nitrogen functional groups attached to an aromatic ring is 1. The van der Waals surface area contributed by atoms with Gasteiger partial charge in [-0.3, -0.25) is 0 Å². The first kappa shape index (κ1) is 42.6. The van der Waals surface area contributed by atoms with Crippen LogP contribution in [0.1, 0.15) is 118 Å². The summed E-state index contributed by atoms with van der Waals surface area (Å²) in [6.45, 7) is 19.5. The van der Waals surface area contributed by atoms with Crippen LogP contribution in [0, 0.1) is 6.92 Å². The van der Waals surface area contributed by atoms with E-state index in [0.717, 1.165) is 93.1 Å². The molecule has 0 atom stereocenters. The van der Waals surface area contributed by atoms with Crippen LogP contribution < -0.4 is 27.0 Å². The summed E-state index contributed by atoms with van der Waals surface area (Å²) < 4.78 is 14.6. The van der Waals surface area contributed by atoms with Gasteiger partial charge in [0.2, 0.25) is 23.8 Å². The second-order valence-electron chi connectivity index (χ2n) is 16.5. The van der Waals surface area contributed by atoms with Crippen LogP contribution in [0.15, 0.2) is 48.8 Å². The third kappa shape index (κ3) is 10.2. The molecule has 8 rings (SSSR count). The fourth-order valence-electron chi connectivity index (χ4n) is 7.78. The van der Waals surface area contributed by atoms with Crippen molar-refractivity contribution in [3.05, 3.63) is 87.7 Å². The quantitative estimate of drug-likeness (QED) is 0.0671. The third-order valence-electron chi connectivity index (χ3n) is 11.4. The van der Waals surface area contributed by atoms with Gasteiger partial charge in [0, 0.05) is 68.4 Å². The molecular weight excluding hydrogens is 755 g/mol. The number of ether oxygens (including phenoxy) is 2. The number of hydrogen-bond acceptors (Lipinski definition) is 13. The molecule has 6 heterocycles. The summed E-state index contributed by atoms with van der Waals surface area (Å²) in [5.74, 6) is 3.32. The molecule has 15 heteroatoms. The van der Waals surface area contributed by atoms with E-state index in [4.69, 9.17) is 35.1 Å².